The zero-order chi connectivity index (χ0) is 12.5. The molecule has 0 saturated heterocycles. The van der Waals surface area contributed by atoms with Gasteiger partial charge in [0.1, 0.15) is 0 Å². The van der Waals surface area contributed by atoms with Crippen LogP contribution in [0, 0.1) is 6.92 Å². The molecule has 3 rings (SSSR count). The number of nitrogens with zero attached hydrogens (tertiary/aromatic N) is 3. The molecule has 0 fully saturated rings. The Balaban J connectivity index is 2.12. The van der Waals surface area contributed by atoms with Gasteiger partial charge in [0.15, 0.2) is 5.82 Å². The van der Waals surface area contributed by atoms with Gasteiger partial charge in [0.2, 0.25) is 5.88 Å². The minimum atomic E-state index is 0.564. The number of ether oxygens (including phenoxy) is 1. The lowest BCUT2D eigenvalue weighted by Gasteiger charge is -2.02. The van der Waals surface area contributed by atoms with Crippen LogP contribution in [0.25, 0.3) is 21.6 Å². The molecule has 2 heterocycles. The maximum atomic E-state index is 5.10. The van der Waals surface area contributed by atoms with Crippen LogP contribution in [-0.2, 0) is 0 Å². The van der Waals surface area contributed by atoms with Gasteiger partial charge in [-0.15, -0.1) is 11.3 Å². The lowest BCUT2D eigenvalue weighted by molar-refractivity contribution is 0.397. The molecular weight excluding hydrogens is 246 g/mol. The number of benzene rings is 1. The summed E-state index contributed by atoms with van der Waals surface area (Å²) in [7, 11) is 1.60. The molecule has 0 amide bonds. The first-order valence-corrected chi connectivity index (χ1v) is 6.32. The zero-order valence-corrected chi connectivity index (χ0v) is 10.9. The normalized spacial score (nSPS) is 10.8. The van der Waals surface area contributed by atoms with Crippen molar-refractivity contribution >= 4 is 21.6 Å². The van der Waals surface area contributed by atoms with Crippen LogP contribution in [0.4, 0.5) is 0 Å². The van der Waals surface area contributed by atoms with E-state index < -0.39 is 0 Å². The number of hydrogen-bond acceptors (Lipinski definition) is 5. The summed E-state index contributed by atoms with van der Waals surface area (Å²) in [5.74, 6) is 1.22. The fourth-order valence-electron chi connectivity index (χ4n) is 1.78. The number of aromatic nitrogens is 3. The topological polar surface area (TPSA) is 47.9 Å². The molecule has 4 nitrogen and oxygen atoms in total. The first-order chi connectivity index (χ1) is 8.76. The highest BCUT2D eigenvalue weighted by molar-refractivity contribution is 7.18. The molecule has 0 bridgehead atoms. The van der Waals surface area contributed by atoms with Gasteiger partial charge in [-0.25, -0.2) is 9.97 Å². The zero-order valence-electron chi connectivity index (χ0n) is 10.0. The maximum Gasteiger partial charge on any atom is 0.216 e. The summed E-state index contributed by atoms with van der Waals surface area (Å²) in [6, 6.07) is 7.80. The van der Waals surface area contributed by atoms with Crippen LogP contribution < -0.4 is 4.74 Å². The van der Waals surface area contributed by atoms with Gasteiger partial charge in [-0.05, 0) is 25.1 Å². The van der Waals surface area contributed by atoms with Crippen LogP contribution in [0.15, 0.2) is 30.5 Å². The predicted molar refractivity (Wildman–Crippen MR) is 71.9 cm³/mol. The molecule has 0 spiro atoms. The molecule has 18 heavy (non-hydrogen) atoms. The highest BCUT2D eigenvalue weighted by Crippen LogP contribution is 2.26. The Bertz CT molecular complexity index is 708. The van der Waals surface area contributed by atoms with E-state index >= 15 is 0 Å². The number of thiazole rings is 1. The Morgan fingerprint density at radius 2 is 2.06 bits per heavy atom. The van der Waals surface area contributed by atoms with E-state index in [4.69, 9.17) is 4.74 Å². The molecule has 90 valence electrons. The van der Waals surface area contributed by atoms with Gasteiger partial charge < -0.3 is 4.74 Å². The lowest BCUT2D eigenvalue weighted by atomic mass is 10.2. The smallest absolute Gasteiger partial charge is 0.216 e. The number of methoxy groups -OCH3 is 1. The van der Waals surface area contributed by atoms with Crippen molar-refractivity contribution in [2.45, 2.75) is 6.92 Å². The first-order valence-electron chi connectivity index (χ1n) is 5.51. The average Bonchev–Trinajstić information content (AvgIpc) is 2.77. The van der Waals surface area contributed by atoms with Gasteiger partial charge in [0.05, 0.1) is 22.3 Å². The van der Waals surface area contributed by atoms with Crippen LogP contribution in [0.5, 0.6) is 5.88 Å². The van der Waals surface area contributed by atoms with Crippen LogP contribution in [0.2, 0.25) is 0 Å². The molecule has 0 unspecified atom stereocenters. The molecule has 5 heteroatoms. The van der Waals surface area contributed by atoms with Gasteiger partial charge in [-0.2, -0.15) is 4.98 Å². The van der Waals surface area contributed by atoms with E-state index in [0.29, 0.717) is 11.7 Å². The fourth-order valence-corrected chi connectivity index (χ4v) is 2.58. The Morgan fingerprint density at radius 3 is 2.89 bits per heavy atom. The predicted octanol–water partition coefficient (Wildman–Crippen LogP) is 3.07. The van der Waals surface area contributed by atoms with E-state index in [1.165, 1.54) is 4.70 Å². The van der Waals surface area contributed by atoms with Gasteiger partial charge in [0, 0.05) is 17.8 Å². The second-order valence-corrected chi connectivity index (χ2v) is 5.07. The molecule has 0 saturated carbocycles. The monoisotopic (exact) mass is 257 g/mol. The molecule has 2 aromatic heterocycles. The second-order valence-electron chi connectivity index (χ2n) is 3.84. The lowest BCUT2D eigenvalue weighted by Crippen LogP contribution is -1.92. The molecular formula is C13H11N3OS. The maximum absolute atomic E-state index is 5.10. The third-order valence-corrected chi connectivity index (χ3v) is 3.54. The van der Waals surface area contributed by atoms with E-state index in [-0.39, 0.29) is 0 Å². The largest absolute Gasteiger partial charge is 0.481 e. The van der Waals surface area contributed by atoms with Crippen molar-refractivity contribution in [3.63, 3.8) is 0 Å². The first kappa shape index (κ1) is 11.1. The van der Waals surface area contributed by atoms with Crippen LogP contribution >= 0.6 is 11.3 Å². The second kappa shape index (κ2) is 4.34. The third-order valence-electron chi connectivity index (χ3n) is 2.59. The molecule has 1 aromatic carbocycles. The fraction of sp³-hybridized carbons (Fsp3) is 0.154. The van der Waals surface area contributed by atoms with E-state index in [2.05, 4.69) is 21.0 Å². The number of rotatable bonds is 2. The van der Waals surface area contributed by atoms with Crippen LogP contribution in [-0.4, -0.2) is 22.1 Å². The van der Waals surface area contributed by atoms with Crippen LogP contribution in [0.3, 0.4) is 0 Å². The SMILES string of the molecule is COc1ccnc(-c2ccc3sc(C)nc3c2)n1. The average molecular weight is 257 g/mol. The van der Waals surface area contributed by atoms with Crippen LogP contribution in [0.1, 0.15) is 5.01 Å². The molecule has 3 aromatic rings. The van der Waals surface area contributed by atoms with Crippen molar-refractivity contribution in [1.29, 1.82) is 0 Å². The Labute approximate surface area is 108 Å². The molecule has 0 atom stereocenters. The summed E-state index contributed by atoms with van der Waals surface area (Å²) in [5, 5.41) is 1.06. The highest BCUT2D eigenvalue weighted by atomic mass is 32.1. The summed E-state index contributed by atoms with van der Waals surface area (Å²) in [6.45, 7) is 2.01. The minimum Gasteiger partial charge on any atom is -0.481 e. The van der Waals surface area contributed by atoms with Gasteiger partial charge in [0.25, 0.3) is 0 Å². The third kappa shape index (κ3) is 1.93. The van der Waals surface area contributed by atoms with Crippen molar-refractivity contribution in [2.75, 3.05) is 7.11 Å². The summed E-state index contributed by atoms with van der Waals surface area (Å²) in [4.78, 5) is 13.0. The van der Waals surface area contributed by atoms with Crippen molar-refractivity contribution in [3.05, 3.63) is 35.5 Å². The number of aryl methyl sites for hydroxylation is 1. The van der Waals surface area contributed by atoms with E-state index in [1.807, 2.05) is 19.1 Å². The number of fused-ring (bicyclic) bond motifs is 1. The Hall–Kier alpha value is -2.01. The van der Waals surface area contributed by atoms with E-state index in [0.717, 1.165) is 16.1 Å². The Kier molecular flexibility index (Phi) is 2.68. The van der Waals surface area contributed by atoms with E-state index in [9.17, 15) is 0 Å². The summed E-state index contributed by atoms with van der Waals surface area (Å²) >= 11 is 1.69. The molecule has 0 radical (unpaired) electrons. The number of hydrogen-bond donors (Lipinski definition) is 0. The summed E-state index contributed by atoms with van der Waals surface area (Å²) in [5.41, 5.74) is 1.94. The molecule has 0 N–H and O–H groups in total. The van der Waals surface area contributed by atoms with E-state index in [1.54, 1.807) is 30.7 Å². The highest BCUT2D eigenvalue weighted by Gasteiger charge is 2.06. The van der Waals surface area contributed by atoms with Crippen molar-refractivity contribution in [2.24, 2.45) is 0 Å². The van der Waals surface area contributed by atoms with Crippen molar-refractivity contribution in [1.82, 2.24) is 15.0 Å². The molecule has 0 aliphatic heterocycles. The van der Waals surface area contributed by atoms with Crippen molar-refractivity contribution < 1.29 is 4.74 Å². The molecule has 0 aliphatic carbocycles. The summed E-state index contributed by atoms with van der Waals surface area (Å²) in [6.07, 6.45) is 1.69. The van der Waals surface area contributed by atoms with Crippen molar-refractivity contribution in [3.8, 4) is 17.3 Å². The minimum absolute atomic E-state index is 0.564. The quantitative estimate of drug-likeness (QED) is 0.708. The Morgan fingerprint density at radius 1 is 1.17 bits per heavy atom. The summed E-state index contributed by atoms with van der Waals surface area (Å²) < 4.78 is 6.28. The van der Waals surface area contributed by atoms with Gasteiger partial charge in [-0.3, -0.25) is 0 Å². The molecule has 0 aliphatic rings. The van der Waals surface area contributed by atoms with Gasteiger partial charge in [-0.1, -0.05) is 0 Å². The standard InChI is InChI=1S/C13H11N3OS/c1-8-15-10-7-9(3-4-11(10)18-8)13-14-6-5-12(16-13)17-2/h3-7H,1-2H3. The van der Waals surface area contributed by atoms with Gasteiger partial charge >= 0.3 is 0 Å².